The van der Waals surface area contributed by atoms with Crippen molar-refractivity contribution in [2.45, 2.75) is 13.5 Å². The topological polar surface area (TPSA) is 61.2 Å². The summed E-state index contributed by atoms with van der Waals surface area (Å²) in [6.07, 6.45) is 0. The monoisotopic (exact) mass is 359 g/mol. The third-order valence-electron chi connectivity index (χ3n) is 3.88. The number of carbonyl (C=O) groups is 1. The molecule has 0 aliphatic rings. The van der Waals surface area contributed by atoms with Gasteiger partial charge in [-0.3, -0.25) is 4.79 Å². The molecule has 0 heterocycles. The average molecular weight is 359 g/mol. The highest BCUT2D eigenvalue weighted by Crippen LogP contribution is 2.27. The fourth-order valence-electron chi connectivity index (χ4n) is 2.72. The molecular formula is C20H27N2O4+. The summed E-state index contributed by atoms with van der Waals surface area (Å²) >= 11 is 0. The molecule has 0 bridgehead atoms. The van der Waals surface area contributed by atoms with E-state index in [2.05, 4.69) is 5.32 Å². The maximum atomic E-state index is 12.3. The van der Waals surface area contributed by atoms with Crippen molar-refractivity contribution in [2.24, 2.45) is 0 Å². The summed E-state index contributed by atoms with van der Waals surface area (Å²) in [6, 6.07) is 13.2. The normalized spacial score (nSPS) is 11.5. The zero-order valence-electron chi connectivity index (χ0n) is 15.8. The summed E-state index contributed by atoms with van der Waals surface area (Å²) in [5.41, 5.74) is 1.75. The number of quaternary nitrogens is 1. The maximum absolute atomic E-state index is 12.3. The van der Waals surface area contributed by atoms with Crippen LogP contribution in [0.2, 0.25) is 0 Å². The molecule has 0 spiro atoms. The third kappa shape index (κ3) is 5.39. The minimum absolute atomic E-state index is 0.0649. The Bertz CT molecular complexity index is 734. The van der Waals surface area contributed by atoms with Crippen molar-refractivity contribution in [3.8, 4) is 17.2 Å². The fraction of sp³-hybridized carbons (Fsp3) is 0.350. The van der Waals surface area contributed by atoms with Crippen molar-refractivity contribution in [3.05, 3.63) is 48.0 Å². The Kier molecular flexibility index (Phi) is 7.29. The second-order valence-corrected chi connectivity index (χ2v) is 5.98. The molecule has 140 valence electrons. The molecule has 0 radical (unpaired) electrons. The zero-order valence-corrected chi connectivity index (χ0v) is 15.8. The van der Waals surface area contributed by atoms with E-state index in [1.807, 2.05) is 56.4 Å². The molecule has 1 atom stereocenters. The molecule has 2 aromatic carbocycles. The number of carbonyl (C=O) groups excluding carboxylic acids is 1. The minimum atomic E-state index is -0.0649. The summed E-state index contributed by atoms with van der Waals surface area (Å²) in [4.78, 5) is 13.4. The van der Waals surface area contributed by atoms with E-state index in [-0.39, 0.29) is 5.91 Å². The maximum Gasteiger partial charge on any atom is 0.279 e. The molecule has 0 saturated carbocycles. The molecule has 0 aliphatic heterocycles. The second kappa shape index (κ2) is 9.68. The van der Waals surface area contributed by atoms with Gasteiger partial charge in [-0.05, 0) is 37.3 Å². The van der Waals surface area contributed by atoms with Crippen LogP contribution in [0, 0.1) is 0 Å². The van der Waals surface area contributed by atoms with E-state index in [9.17, 15) is 4.79 Å². The Morgan fingerprint density at radius 3 is 2.46 bits per heavy atom. The van der Waals surface area contributed by atoms with Crippen molar-refractivity contribution in [1.82, 2.24) is 0 Å². The van der Waals surface area contributed by atoms with E-state index in [1.54, 1.807) is 14.2 Å². The number of hydrogen-bond acceptors (Lipinski definition) is 4. The number of nitrogens with one attached hydrogen (secondary N) is 2. The van der Waals surface area contributed by atoms with Gasteiger partial charge in [0, 0.05) is 5.56 Å². The molecule has 2 rings (SSSR count). The lowest BCUT2D eigenvalue weighted by Crippen LogP contribution is -3.08. The van der Waals surface area contributed by atoms with Gasteiger partial charge in [-0.25, -0.2) is 0 Å². The first kappa shape index (κ1) is 19.6. The summed E-state index contributed by atoms with van der Waals surface area (Å²) < 4.78 is 16.2. The highest BCUT2D eigenvalue weighted by molar-refractivity contribution is 5.92. The minimum Gasteiger partial charge on any atom is -0.495 e. The van der Waals surface area contributed by atoms with Crippen LogP contribution in [0.15, 0.2) is 42.5 Å². The second-order valence-electron chi connectivity index (χ2n) is 5.98. The Morgan fingerprint density at radius 2 is 1.77 bits per heavy atom. The van der Waals surface area contributed by atoms with Gasteiger partial charge in [0.25, 0.3) is 5.91 Å². The predicted molar refractivity (Wildman–Crippen MR) is 101 cm³/mol. The van der Waals surface area contributed by atoms with E-state index in [0.29, 0.717) is 36.9 Å². The van der Waals surface area contributed by atoms with Gasteiger partial charge in [0.1, 0.15) is 12.3 Å². The molecule has 0 saturated heterocycles. The van der Waals surface area contributed by atoms with Crippen LogP contribution in [-0.4, -0.2) is 40.3 Å². The Balaban J connectivity index is 1.95. The summed E-state index contributed by atoms with van der Waals surface area (Å²) in [6.45, 7) is 3.56. The van der Waals surface area contributed by atoms with E-state index in [1.165, 1.54) is 0 Å². The number of likely N-dealkylation sites (N-methyl/N-ethyl adjacent to an activating group) is 1. The number of amides is 1. The summed E-state index contributed by atoms with van der Waals surface area (Å²) in [5, 5.41) is 2.90. The van der Waals surface area contributed by atoms with Gasteiger partial charge in [0.05, 0.1) is 33.6 Å². The molecule has 6 nitrogen and oxygen atoms in total. The van der Waals surface area contributed by atoms with Crippen molar-refractivity contribution >= 4 is 11.6 Å². The number of benzene rings is 2. The molecule has 1 amide bonds. The number of para-hydroxylation sites is 2. The molecule has 6 heteroatoms. The highest BCUT2D eigenvalue weighted by Gasteiger charge is 2.14. The van der Waals surface area contributed by atoms with Crippen molar-refractivity contribution < 1.29 is 23.9 Å². The fourth-order valence-corrected chi connectivity index (χ4v) is 2.72. The van der Waals surface area contributed by atoms with E-state index in [4.69, 9.17) is 14.2 Å². The SMILES string of the molecule is CCOc1ccc(C[NH+](C)CC(=O)Nc2ccccc2OC)cc1OC. The van der Waals surface area contributed by atoms with Crippen LogP contribution in [-0.2, 0) is 11.3 Å². The van der Waals surface area contributed by atoms with E-state index in [0.717, 1.165) is 16.2 Å². The van der Waals surface area contributed by atoms with Gasteiger partial charge >= 0.3 is 0 Å². The summed E-state index contributed by atoms with van der Waals surface area (Å²) in [7, 11) is 5.19. The number of rotatable bonds is 9. The number of ether oxygens (including phenoxy) is 3. The Hall–Kier alpha value is -2.73. The van der Waals surface area contributed by atoms with E-state index >= 15 is 0 Å². The molecule has 0 aliphatic carbocycles. The molecule has 26 heavy (non-hydrogen) atoms. The first-order valence-corrected chi connectivity index (χ1v) is 8.61. The lowest BCUT2D eigenvalue weighted by molar-refractivity contribution is -0.885. The van der Waals surface area contributed by atoms with Crippen molar-refractivity contribution in [2.75, 3.05) is 39.7 Å². The summed E-state index contributed by atoms with van der Waals surface area (Å²) in [5.74, 6) is 2.01. The Morgan fingerprint density at radius 1 is 1.04 bits per heavy atom. The largest absolute Gasteiger partial charge is 0.495 e. The van der Waals surface area contributed by atoms with Gasteiger partial charge in [0.15, 0.2) is 18.0 Å². The molecule has 2 aromatic rings. The molecule has 0 fully saturated rings. The van der Waals surface area contributed by atoms with Crippen LogP contribution in [0.3, 0.4) is 0 Å². The van der Waals surface area contributed by atoms with Crippen LogP contribution >= 0.6 is 0 Å². The Labute approximate surface area is 154 Å². The van der Waals surface area contributed by atoms with Crippen LogP contribution < -0.4 is 24.4 Å². The van der Waals surface area contributed by atoms with E-state index < -0.39 is 0 Å². The molecule has 1 unspecified atom stereocenters. The average Bonchev–Trinajstić information content (AvgIpc) is 2.63. The molecule has 2 N–H and O–H groups in total. The predicted octanol–water partition coefficient (Wildman–Crippen LogP) is 1.76. The molecular weight excluding hydrogens is 332 g/mol. The standard InChI is InChI=1S/C20H26N2O4/c1-5-26-18-11-10-15(12-19(18)25-4)13-22(2)14-20(23)21-16-8-6-7-9-17(16)24-3/h6-12H,5,13-14H2,1-4H3,(H,21,23)/p+1. The number of methoxy groups -OCH3 is 2. The lowest BCUT2D eigenvalue weighted by atomic mass is 10.2. The van der Waals surface area contributed by atoms with Crippen molar-refractivity contribution in [1.29, 1.82) is 0 Å². The van der Waals surface area contributed by atoms with Gasteiger partial charge in [0.2, 0.25) is 0 Å². The van der Waals surface area contributed by atoms with Gasteiger partial charge in [-0.2, -0.15) is 0 Å². The van der Waals surface area contributed by atoms with Crippen LogP contribution in [0.25, 0.3) is 0 Å². The first-order chi connectivity index (χ1) is 12.6. The van der Waals surface area contributed by atoms with Gasteiger partial charge < -0.3 is 24.4 Å². The smallest absolute Gasteiger partial charge is 0.279 e. The highest BCUT2D eigenvalue weighted by atomic mass is 16.5. The number of hydrogen-bond donors (Lipinski definition) is 2. The molecule has 0 aromatic heterocycles. The van der Waals surface area contributed by atoms with Crippen LogP contribution in [0.1, 0.15) is 12.5 Å². The number of anilines is 1. The van der Waals surface area contributed by atoms with Gasteiger partial charge in [-0.1, -0.05) is 12.1 Å². The van der Waals surface area contributed by atoms with Gasteiger partial charge in [-0.15, -0.1) is 0 Å². The van der Waals surface area contributed by atoms with Crippen LogP contribution in [0.4, 0.5) is 5.69 Å². The first-order valence-electron chi connectivity index (χ1n) is 8.61. The quantitative estimate of drug-likeness (QED) is 0.716. The van der Waals surface area contributed by atoms with Crippen LogP contribution in [0.5, 0.6) is 17.2 Å². The third-order valence-corrected chi connectivity index (χ3v) is 3.88. The zero-order chi connectivity index (χ0) is 18.9. The van der Waals surface area contributed by atoms with Crippen molar-refractivity contribution in [3.63, 3.8) is 0 Å². The lowest BCUT2D eigenvalue weighted by Gasteiger charge is -2.16.